The fourth-order valence-corrected chi connectivity index (χ4v) is 2.35. The van der Waals surface area contributed by atoms with E-state index in [1.807, 2.05) is 34.6 Å². The molecule has 0 heterocycles. The van der Waals surface area contributed by atoms with Gasteiger partial charge in [-0.1, -0.05) is 13.8 Å². The minimum absolute atomic E-state index is 0.0697. The largest absolute Gasteiger partial charge is 0.444 e. The first-order valence-corrected chi connectivity index (χ1v) is 6.80. The molecule has 0 aromatic heterocycles. The van der Waals surface area contributed by atoms with Gasteiger partial charge in [-0.05, 0) is 32.6 Å². The maximum Gasteiger partial charge on any atom is 0.407 e. The van der Waals surface area contributed by atoms with Crippen molar-refractivity contribution in [3.05, 3.63) is 0 Å². The van der Waals surface area contributed by atoms with Crippen LogP contribution in [0.2, 0.25) is 0 Å². The van der Waals surface area contributed by atoms with Crippen LogP contribution in [-0.4, -0.2) is 42.9 Å². The Morgan fingerprint density at radius 3 is 2.25 bits per heavy atom. The SMILES string of the molecule is CON(C)C(=O)[C@H]1C[C@@H](NC(=O)OC(C)(C)C)C1(C)C. The monoisotopic (exact) mass is 286 g/mol. The van der Waals surface area contributed by atoms with Crippen LogP contribution >= 0.6 is 0 Å². The zero-order valence-corrected chi connectivity index (χ0v) is 13.4. The maximum absolute atomic E-state index is 12.1. The maximum atomic E-state index is 12.1. The van der Waals surface area contributed by atoms with Crippen molar-refractivity contribution in [1.29, 1.82) is 0 Å². The molecule has 0 spiro atoms. The van der Waals surface area contributed by atoms with E-state index in [9.17, 15) is 9.59 Å². The molecule has 2 atom stereocenters. The Hall–Kier alpha value is -1.30. The Morgan fingerprint density at radius 2 is 1.85 bits per heavy atom. The molecule has 1 saturated carbocycles. The van der Waals surface area contributed by atoms with E-state index in [0.29, 0.717) is 6.42 Å². The van der Waals surface area contributed by atoms with Crippen molar-refractivity contribution in [2.45, 2.75) is 52.7 Å². The zero-order chi connectivity index (χ0) is 15.7. The standard InChI is InChI=1S/C14H26N2O4/c1-13(2,3)20-12(18)15-10-8-9(14(10,4)5)11(17)16(6)19-7/h9-10H,8H2,1-7H3,(H,15,18)/t9-,10-/m1/s1. The highest BCUT2D eigenvalue weighted by molar-refractivity contribution is 5.80. The Labute approximate surface area is 120 Å². The fourth-order valence-electron chi connectivity index (χ4n) is 2.35. The first-order valence-electron chi connectivity index (χ1n) is 6.80. The molecule has 1 aliphatic carbocycles. The Morgan fingerprint density at radius 1 is 1.30 bits per heavy atom. The first-order chi connectivity index (χ1) is 8.99. The van der Waals surface area contributed by atoms with Crippen LogP contribution in [0.25, 0.3) is 0 Å². The van der Waals surface area contributed by atoms with Crippen LogP contribution in [0.3, 0.4) is 0 Å². The molecule has 0 aliphatic heterocycles. The average molecular weight is 286 g/mol. The van der Waals surface area contributed by atoms with Gasteiger partial charge < -0.3 is 10.1 Å². The highest BCUT2D eigenvalue weighted by Crippen LogP contribution is 2.47. The zero-order valence-electron chi connectivity index (χ0n) is 13.4. The predicted molar refractivity (Wildman–Crippen MR) is 74.8 cm³/mol. The van der Waals surface area contributed by atoms with Crippen LogP contribution in [0.5, 0.6) is 0 Å². The van der Waals surface area contributed by atoms with E-state index in [1.165, 1.54) is 12.2 Å². The fraction of sp³-hybridized carbons (Fsp3) is 0.857. The van der Waals surface area contributed by atoms with Crippen molar-refractivity contribution in [3.63, 3.8) is 0 Å². The third-order valence-corrected chi connectivity index (χ3v) is 3.84. The number of amides is 2. The number of nitrogens with zero attached hydrogens (tertiary/aromatic N) is 1. The number of nitrogens with one attached hydrogen (secondary N) is 1. The van der Waals surface area contributed by atoms with Gasteiger partial charge in [0.2, 0.25) is 5.91 Å². The quantitative estimate of drug-likeness (QED) is 0.805. The summed E-state index contributed by atoms with van der Waals surface area (Å²) in [5.41, 5.74) is -0.843. The molecule has 116 valence electrons. The van der Waals surface area contributed by atoms with E-state index in [0.717, 1.165) is 0 Å². The topological polar surface area (TPSA) is 67.9 Å². The molecule has 6 nitrogen and oxygen atoms in total. The van der Waals surface area contributed by atoms with Gasteiger partial charge in [-0.2, -0.15) is 0 Å². The van der Waals surface area contributed by atoms with Crippen molar-refractivity contribution >= 4 is 12.0 Å². The second-order valence-electron chi connectivity index (χ2n) is 6.83. The number of carbonyl (C=O) groups is 2. The van der Waals surface area contributed by atoms with E-state index in [2.05, 4.69) is 5.32 Å². The van der Waals surface area contributed by atoms with Crippen LogP contribution in [0, 0.1) is 11.3 Å². The van der Waals surface area contributed by atoms with Gasteiger partial charge in [0.15, 0.2) is 0 Å². The Kier molecular flexibility index (Phi) is 4.69. The third-order valence-electron chi connectivity index (χ3n) is 3.84. The molecular formula is C14H26N2O4. The average Bonchev–Trinajstić information content (AvgIpc) is 2.30. The van der Waals surface area contributed by atoms with Crippen LogP contribution in [0.1, 0.15) is 41.0 Å². The molecule has 0 unspecified atom stereocenters. The molecule has 20 heavy (non-hydrogen) atoms. The number of carbonyl (C=O) groups excluding carboxylic acids is 2. The molecule has 0 aromatic carbocycles. The van der Waals surface area contributed by atoms with Crippen LogP contribution < -0.4 is 5.32 Å². The van der Waals surface area contributed by atoms with E-state index >= 15 is 0 Å². The smallest absolute Gasteiger partial charge is 0.407 e. The van der Waals surface area contributed by atoms with Gasteiger partial charge in [0, 0.05) is 19.0 Å². The van der Waals surface area contributed by atoms with E-state index < -0.39 is 11.7 Å². The lowest BCUT2D eigenvalue weighted by molar-refractivity contribution is -0.185. The van der Waals surface area contributed by atoms with Gasteiger partial charge in [-0.25, -0.2) is 9.86 Å². The van der Waals surface area contributed by atoms with Crippen LogP contribution in [-0.2, 0) is 14.4 Å². The summed E-state index contributed by atoms with van der Waals surface area (Å²) >= 11 is 0. The number of rotatable bonds is 3. The van der Waals surface area contributed by atoms with Crippen molar-refractivity contribution in [2.24, 2.45) is 11.3 Å². The minimum Gasteiger partial charge on any atom is -0.444 e. The summed E-state index contributed by atoms with van der Waals surface area (Å²) in [6, 6.07) is -0.0726. The van der Waals surface area contributed by atoms with E-state index in [-0.39, 0.29) is 23.3 Å². The van der Waals surface area contributed by atoms with Crippen molar-refractivity contribution in [1.82, 2.24) is 10.4 Å². The summed E-state index contributed by atoms with van der Waals surface area (Å²) < 4.78 is 5.23. The van der Waals surface area contributed by atoms with Gasteiger partial charge in [-0.3, -0.25) is 9.63 Å². The number of hydroxylamine groups is 2. The highest BCUT2D eigenvalue weighted by Gasteiger charge is 2.53. The molecule has 6 heteroatoms. The Bertz CT molecular complexity index is 387. The second kappa shape index (κ2) is 5.60. The lowest BCUT2D eigenvalue weighted by Gasteiger charge is -2.51. The van der Waals surface area contributed by atoms with Crippen LogP contribution in [0.4, 0.5) is 4.79 Å². The number of hydrogen-bond donors (Lipinski definition) is 1. The summed E-state index contributed by atoms with van der Waals surface area (Å²) in [4.78, 5) is 28.8. The van der Waals surface area contributed by atoms with Gasteiger partial charge >= 0.3 is 6.09 Å². The number of alkyl carbamates (subject to hydrolysis) is 1. The minimum atomic E-state index is -0.524. The van der Waals surface area contributed by atoms with Gasteiger partial charge in [0.1, 0.15) is 5.60 Å². The molecule has 0 radical (unpaired) electrons. The first kappa shape index (κ1) is 16.8. The Balaban J connectivity index is 2.58. The van der Waals surface area contributed by atoms with E-state index in [1.54, 1.807) is 7.05 Å². The summed E-state index contributed by atoms with van der Waals surface area (Å²) in [6.45, 7) is 9.38. The number of hydrogen-bond acceptors (Lipinski definition) is 4. The summed E-state index contributed by atoms with van der Waals surface area (Å²) in [5, 5.41) is 4.06. The highest BCUT2D eigenvalue weighted by atomic mass is 16.7. The second-order valence-corrected chi connectivity index (χ2v) is 6.83. The molecule has 0 aromatic rings. The summed E-state index contributed by atoms with van der Waals surface area (Å²) in [5.74, 6) is -0.230. The normalized spacial score (nSPS) is 24.6. The molecule has 1 N–H and O–H groups in total. The lowest BCUT2D eigenvalue weighted by Crippen LogP contribution is -2.62. The molecular weight excluding hydrogens is 260 g/mol. The van der Waals surface area contributed by atoms with E-state index in [4.69, 9.17) is 9.57 Å². The molecule has 0 saturated heterocycles. The van der Waals surface area contributed by atoms with Crippen molar-refractivity contribution in [2.75, 3.05) is 14.2 Å². The predicted octanol–water partition coefficient (Wildman–Crippen LogP) is 1.95. The van der Waals surface area contributed by atoms with Gasteiger partial charge in [0.05, 0.1) is 7.11 Å². The number of ether oxygens (including phenoxy) is 1. The lowest BCUT2D eigenvalue weighted by atomic mass is 9.58. The van der Waals surface area contributed by atoms with Gasteiger partial charge in [-0.15, -0.1) is 0 Å². The third kappa shape index (κ3) is 3.62. The summed E-state index contributed by atoms with van der Waals surface area (Å²) in [7, 11) is 3.05. The molecule has 2 amide bonds. The van der Waals surface area contributed by atoms with Crippen molar-refractivity contribution < 1.29 is 19.2 Å². The molecule has 1 fully saturated rings. The summed E-state index contributed by atoms with van der Waals surface area (Å²) in [6.07, 6.45) is 0.153. The van der Waals surface area contributed by atoms with Crippen molar-refractivity contribution in [3.8, 4) is 0 Å². The van der Waals surface area contributed by atoms with Crippen LogP contribution in [0.15, 0.2) is 0 Å². The molecule has 0 bridgehead atoms. The molecule has 1 rings (SSSR count). The van der Waals surface area contributed by atoms with Gasteiger partial charge in [0.25, 0.3) is 0 Å². The molecule has 1 aliphatic rings.